The minimum absolute atomic E-state index is 0.0203. The highest BCUT2D eigenvalue weighted by atomic mass is 19.4. The second-order valence-electron chi connectivity index (χ2n) is 6.49. The molecule has 2 amide bonds. The summed E-state index contributed by atoms with van der Waals surface area (Å²) in [7, 11) is 0. The average Bonchev–Trinajstić information content (AvgIpc) is 2.65. The molecule has 0 unspecified atom stereocenters. The maximum absolute atomic E-state index is 12.6. The standard InChI is InChI=1S/C20H19F3N2O2/c21-20(22,23)12-24-19(27)16-7-3-4-8-17(16)25-18(26)15-10-9-13-5-1-2-6-14(13)11-15/h3-4,7-11H,1-2,5-6,12H2,(H,24,27)(H,25,26). The molecule has 4 nitrogen and oxygen atoms in total. The molecule has 27 heavy (non-hydrogen) atoms. The smallest absolute Gasteiger partial charge is 0.343 e. The van der Waals surface area contributed by atoms with Crippen LogP contribution in [0.3, 0.4) is 0 Å². The minimum Gasteiger partial charge on any atom is -0.343 e. The van der Waals surface area contributed by atoms with Crippen molar-refractivity contribution in [3.05, 3.63) is 64.7 Å². The van der Waals surface area contributed by atoms with Crippen LogP contribution in [0, 0.1) is 0 Å². The Morgan fingerprint density at radius 3 is 2.37 bits per heavy atom. The van der Waals surface area contributed by atoms with E-state index in [-0.39, 0.29) is 11.3 Å². The fraction of sp³-hybridized carbons (Fsp3) is 0.300. The molecule has 0 saturated heterocycles. The van der Waals surface area contributed by atoms with Gasteiger partial charge in [-0.1, -0.05) is 18.2 Å². The Hall–Kier alpha value is -2.83. The normalized spacial score (nSPS) is 13.6. The number of rotatable bonds is 4. The molecule has 3 rings (SSSR count). The largest absolute Gasteiger partial charge is 0.405 e. The van der Waals surface area contributed by atoms with E-state index in [0.717, 1.165) is 31.2 Å². The number of carbonyl (C=O) groups excluding carboxylic acids is 2. The van der Waals surface area contributed by atoms with Crippen LogP contribution < -0.4 is 10.6 Å². The van der Waals surface area contributed by atoms with E-state index in [0.29, 0.717) is 5.56 Å². The number of anilines is 1. The van der Waals surface area contributed by atoms with Crippen molar-refractivity contribution < 1.29 is 22.8 Å². The van der Waals surface area contributed by atoms with Crippen molar-refractivity contribution in [1.82, 2.24) is 5.32 Å². The van der Waals surface area contributed by atoms with E-state index in [4.69, 9.17) is 0 Å². The summed E-state index contributed by atoms with van der Waals surface area (Å²) in [5.74, 6) is -1.30. The van der Waals surface area contributed by atoms with Gasteiger partial charge in [0.25, 0.3) is 11.8 Å². The quantitative estimate of drug-likeness (QED) is 0.844. The number of aryl methyl sites for hydroxylation is 2. The lowest BCUT2D eigenvalue weighted by Gasteiger charge is -2.17. The van der Waals surface area contributed by atoms with Crippen LogP contribution in [0.1, 0.15) is 44.7 Å². The van der Waals surface area contributed by atoms with E-state index in [9.17, 15) is 22.8 Å². The van der Waals surface area contributed by atoms with Crippen LogP contribution in [0.4, 0.5) is 18.9 Å². The zero-order valence-corrected chi connectivity index (χ0v) is 14.5. The third kappa shape index (κ3) is 4.87. The third-order valence-electron chi connectivity index (χ3n) is 4.48. The van der Waals surface area contributed by atoms with Gasteiger partial charge in [-0.2, -0.15) is 13.2 Å². The van der Waals surface area contributed by atoms with Crippen molar-refractivity contribution >= 4 is 17.5 Å². The number of carbonyl (C=O) groups is 2. The lowest BCUT2D eigenvalue weighted by atomic mass is 9.90. The van der Waals surface area contributed by atoms with E-state index < -0.39 is 24.5 Å². The Labute approximate surface area is 154 Å². The molecule has 0 saturated carbocycles. The molecule has 0 aromatic heterocycles. The second kappa shape index (κ2) is 7.82. The van der Waals surface area contributed by atoms with Crippen molar-refractivity contribution in [2.24, 2.45) is 0 Å². The Bertz CT molecular complexity index is 863. The fourth-order valence-corrected chi connectivity index (χ4v) is 3.14. The van der Waals surface area contributed by atoms with Gasteiger partial charge in [0.2, 0.25) is 0 Å². The molecule has 0 atom stereocenters. The first-order valence-electron chi connectivity index (χ1n) is 8.70. The molecule has 0 radical (unpaired) electrons. The Kier molecular flexibility index (Phi) is 5.48. The molecule has 1 aliphatic carbocycles. The number of benzene rings is 2. The first-order chi connectivity index (χ1) is 12.8. The topological polar surface area (TPSA) is 58.2 Å². The van der Waals surface area contributed by atoms with Crippen molar-refractivity contribution in [3.63, 3.8) is 0 Å². The van der Waals surface area contributed by atoms with Crippen molar-refractivity contribution in [1.29, 1.82) is 0 Å². The van der Waals surface area contributed by atoms with E-state index >= 15 is 0 Å². The lowest BCUT2D eigenvalue weighted by molar-refractivity contribution is -0.123. The molecular formula is C20H19F3N2O2. The van der Waals surface area contributed by atoms with Gasteiger partial charge in [0.15, 0.2) is 0 Å². The molecule has 0 heterocycles. The molecule has 1 aliphatic rings. The van der Waals surface area contributed by atoms with Gasteiger partial charge in [0, 0.05) is 5.56 Å². The number of hydrogen-bond acceptors (Lipinski definition) is 2. The predicted molar refractivity (Wildman–Crippen MR) is 95.9 cm³/mol. The van der Waals surface area contributed by atoms with Crippen LogP contribution in [-0.4, -0.2) is 24.5 Å². The Morgan fingerprint density at radius 2 is 1.63 bits per heavy atom. The van der Waals surface area contributed by atoms with Crippen LogP contribution >= 0.6 is 0 Å². The van der Waals surface area contributed by atoms with Crippen LogP contribution in [0.15, 0.2) is 42.5 Å². The zero-order chi connectivity index (χ0) is 19.4. The molecule has 0 spiro atoms. The third-order valence-corrected chi connectivity index (χ3v) is 4.48. The van der Waals surface area contributed by atoms with Crippen LogP contribution in [-0.2, 0) is 12.8 Å². The number of para-hydroxylation sites is 1. The highest BCUT2D eigenvalue weighted by Crippen LogP contribution is 2.23. The van der Waals surface area contributed by atoms with Crippen LogP contribution in [0.5, 0.6) is 0 Å². The predicted octanol–water partition coefficient (Wildman–Crippen LogP) is 4.11. The number of fused-ring (bicyclic) bond motifs is 1. The van der Waals surface area contributed by atoms with E-state index in [2.05, 4.69) is 5.32 Å². The van der Waals surface area contributed by atoms with Gasteiger partial charge in [-0.3, -0.25) is 9.59 Å². The molecule has 2 aromatic carbocycles. The number of alkyl halides is 3. The first kappa shape index (κ1) is 18.9. The number of hydrogen-bond donors (Lipinski definition) is 2. The molecular weight excluding hydrogens is 357 g/mol. The highest BCUT2D eigenvalue weighted by molar-refractivity contribution is 6.09. The molecule has 0 bridgehead atoms. The molecule has 7 heteroatoms. The summed E-state index contributed by atoms with van der Waals surface area (Å²) in [6.07, 6.45) is -0.359. The summed E-state index contributed by atoms with van der Waals surface area (Å²) in [6, 6.07) is 11.5. The van der Waals surface area contributed by atoms with Gasteiger partial charge in [-0.05, 0) is 61.1 Å². The number of halogens is 3. The Balaban J connectivity index is 1.76. The molecule has 0 aliphatic heterocycles. The van der Waals surface area contributed by atoms with Gasteiger partial charge >= 0.3 is 6.18 Å². The summed E-state index contributed by atoms with van der Waals surface area (Å²) in [4.78, 5) is 24.6. The summed E-state index contributed by atoms with van der Waals surface area (Å²) >= 11 is 0. The molecule has 2 aromatic rings. The van der Waals surface area contributed by atoms with Gasteiger partial charge in [-0.25, -0.2) is 0 Å². The Morgan fingerprint density at radius 1 is 0.926 bits per heavy atom. The molecule has 2 N–H and O–H groups in total. The van der Waals surface area contributed by atoms with Crippen molar-refractivity contribution in [2.45, 2.75) is 31.9 Å². The van der Waals surface area contributed by atoms with Crippen molar-refractivity contribution in [2.75, 3.05) is 11.9 Å². The van der Waals surface area contributed by atoms with Crippen LogP contribution in [0.25, 0.3) is 0 Å². The van der Waals surface area contributed by atoms with E-state index in [1.165, 1.54) is 23.8 Å². The molecule has 0 fully saturated rings. The minimum atomic E-state index is -4.50. The summed E-state index contributed by atoms with van der Waals surface area (Å²) in [6.45, 7) is -1.43. The maximum atomic E-state index is 12.6. The second-order valence-corrected chi connectivity index (χ2v) is 6.49. The summed E-state index contributed by atoms with van der Waals surface area (Å²) in [5.41, 5.74) is 2.99. The fourth-order valence-electron chi connectivity index (χ4n) is 3.14. The zero-order valence-electron chi connectivity index (χ0n) is 14.5. The summed E-state index contributed by atoms with van der Waals surface area (Å²) in [5, 5.41) is 4.45. The van der Waals surface area contributed by atoms with E-state index in [1.54, 1.807) is 12.1 Å². The monoisotopic (exact) mass is 376 g/mol. The SMILES string of the molecule is O=C(Nc1ccccc1C(=O)NCC(F)(F)F)c1ccc2c(c1)CCCC2. The highest BCUT2D eigenvalue weighted by Gasteiger charge is 2.28. The summed E-state index contributed by atoms with van der Waals surface area (Å²) < 4.78 is 37.0. The van der Waals surface area contributed by atoms with E-state index in [1.807, 2.05) is 17.4 Å². The molecule has 142 valence electrons. The number of amides is 2. The van der Waals surface area contributed by atoms with Gasteiger partial charge < -0.3 is 10.6 Å². The van der Waals surface area contributed by atoms with Gasteiger partial charge in [0.1, 0.15) is 6.54 Å². The lowest BCUT2D eigenvalue weighted by Crippen LogP contribution is -2.34. The first-order valence-corrected chi connectivity index (χ1v) is 8.70. The van der Waals surface area contributed by atoms with Gasteiger partial charge in [-0.15, -0.1) is 0 Å². The number of nitrogens with one attached hydrogen (secondary N) is 2. The van der Waals surface area contributed by atoms with Crippen molar-refractivity contribution in [3.8, 4) is 0 Å². The van der Waals surface area contributed by atoms with Gasteiger partial charge in [0.05, 0.1) is 11.3 Å². The van der Waals surface area contributed by atoms with Crippen LogP contribution in [0.2, 0.25) is 0 Å². The maximum Gasteiger partial charge on any atom is 0.405 e. The average molecular weight is 376 g/mol.